The molecule has 0 aliphatic rings. The SMILES string of the molecule is CN(C)c1nc(N(C)C)n2c(SCC(=O)c3ccc(F)cc3)nnc2n1. The molecule has 26 heavy (non-hydrogen) atoms. The molecule has 0 spiro atoms. The lowest BCUT2D eigenvalue weighted by molar-refractivity contribution is 0.102. The Morgan fingerprint density at radius 3 is 2.38 bits per heavy atom. The van der Waals surface area contributed by atoms with Crippen molar-refractivity contribution in [1.29, 1.82) is 0 Å². The van der Waals surface area contributed by atoms with Crippen molar-refractivity contribution in [1.82, 2.24) is 24.6 Å². The Balaban J connectivity index is 1.88. The number of benzene rings is 1. The highest BCUT2D eigenvalue weighted by Crippen LogP contribution is 2.23. The first-order chi connectivity index (χ1) is 12.4. The third-order valence-corrected chi connectivity index (χ3v) is 4.44. The molecular formula is C16H18FN7OS. The summed E-state index contributed by atoms with van der Waals surface area (Å²) in [5.41, 5.74) is 0.451. The summed E-state index contributed by atoms with van der Waals surface area (Å²) in [5.74, 6) is 1.19. The van der Waals surface area contributed by atoms with Crippen molar-refractivity contribution in [2.24, 2.45) is 0 Å². The van der Waals surface area contributed by atoms with Crippen molar-refractivity contribution >= 4 is 35.2 Å². The summed E-state index contributed by atoms with van der Waals surface area (Å²) in [6.07, 6.45) is 0. The normalized spacial score (nSPS) is 11.0. The van der Waals surface area contributed by atoms with Crippen molar-refractivity contribution < 1.29 is 9.18 Å². The van der Waals surface area contributed by atoms with E-state index in [-0.39, 0.29) is 17.4 Å². The molecule has 0 unspecified atom stereocenters. The van der Waals surface area contributed by atoms with Gasteiger partial charge in [-0.15, -0.1) is 10.2 Å². The largest absolute Gasteiger partial charge is 0.348 e. The van der Waals surface area contributed by atoms with Gasteiger partial charge in [0.25, 0.3) is 5.78 Å². The molecule has 0 N–H and O–H groups in total. The number of anilines is 2. The zero-order valence-electron chi connectivity index (χ0n) is 14.8. The molecule has 0 radical (unpaired) electrons. The monoisotopic (exact) mass is 375 g/mol. The lowest BCUT2D eigenvalue weighted by atomic mass is 10.1. The van der Waals surface area contributed by atoms with E-state index in [1.165, 1.54) is 36.0 Å². The Bertz CT molecular complexity index is 940. The van der Waals surface area contributed by atoms with Crippen LogP contribution in [-0.2, 0) is 0 Å². The Morgan fingerprint density at radius 2 is 1.77 bits per heavy atom. The quantitative estimate of drug-likeness (QED) is 0.476. The van der Waals surface area contributed by atoms with Crippen molar-refractivity contribution in [3.05, 3.63) is 35.6 Å². The first-order valence-corrected chi connectivity index (χ1v) is 8.74. The zero-order chi connectivity index (χ0) is 18.8. The molecule has 136 valence electrons. The van der Waals surface area contributed by atoms with Gasteiger partial charge >= 0.3 is 0 Å². The molecule has 0 atom stereocenters. The lowest BCUT2D eigenvalue weighted by Crippen LogP contribution is -2.20. The summed E-state index contributed by atoms with van der Waals surface area (Å²) in [4.78, 5) is 24.8. The van der Waals surface area contributed by atoms with E-state index in [9.17, 15) is 9.18 Å². The molecule has 1 aromatic carbocycles. The van der Waals surface area contributed by atoms with E-state index in [4.69, 9.17) is 0 Å². The Labute approximate surface area is 154 Å². The second-order valence-corrected chi connectivity index (χ2v) is 6.89. The van der Waals surface area contributed by atoms with Gasteiger partial charge in [0.1, 0.15) is 5.82 Å². The minimum atomic E-state index is -0.373. The molecule has 0 saturated heterocycles. The van der Waals surface area contributed by atoms with Crippen LogP contribution in [0.2, 0.25) is 0 Å². The number of hydrogen-bond acceptors (Lipinski definition) is 8. The van der Waals surface area contributed by atoms with Gasteiger partial charge in [-0.2, -0.15) is 9.97 Å². The minimum absolute atomic E-state index is 0.121. The molecule has 0 aliphatic carbocycles. The predicted molar refractivity (Wildman–Crippen MR) is 98.7 cm³/mol. The van der Waals surface area contributed by atoms with Crippen LogP contribution in [0.5, 0.6) is 0 Å². The van der Waals surface area contributed by atoms with Gasteiger partial charge in [0.2, 0.25) is 11.9 Å². The lowest BCUT2D eigenvalue weighted by Gasteiger charge is -2.17. The number of Topliss-reactive ketones (excluding diaryl/α,β-unsaturated/α-hetero) is 1. The van der Waals surface area contributed by atoms with Crippen LogP contribution in [0.4, 0.5) is 16.3 Å². The first kappa shape index (κ1) is 18.1. The van der Waals surface area contributed by atoms with Crippen LogP contribution in [-0.4, -0.2) is 64.3 Å². The number of thioether (sulfide) groups is 1. The summed E-state index contributed by atoms with van der Waals surface area (Å²) < 4.78 is 14.7. The molecule has 10 heteroatoms. The highest BCUT2D eigenvalue weighted by atomic mass is 32.2. The van der Waals surface area contributed by atoms with Crippen LogP contribution in [0.15, 0.2) is 29.4 Å². The van der Waals surface area contributed by atoms with Crippen LogP contribution >= 0.6 is 11.8 Å². The van der Waals surface area contributed by atoms with Crippen LogP contribution in [0.3, 0.4) is 0 Å². The fourth-order valence-electron chi connectivity index (χ4n) is 2.21. The van der Waals surface area contributed by atoms with E-state index < -0.39 is 0 Å². The topological polar surface area (TPSA) is 79.5 Å². The fraction of sp³-hybridized carbons (Fsp3) is 0.312. The number of carbonyl (C=O) groups excluding carboxylic acids is 1. The van der Waals surface area contributed by atoms with Crippen molar-refractivity contribution in [3.63, 3.8) is 0 Å². The number of fused-ring (bicyclic) bond motifs is 1. The Morgan fingerprint density at radius 1 is 1.08 bits per heavy atom. The zero-order valence-corrected chi connectivity index (χ0v) is 15.7. The molecule has 0 fully saturated rings. The van der Waals surface area contributed by atoms with Crippen molar-refractivity contribution in [2.45, 2.75) is 5.16 Å². The van der Waals surface area contributed by atoms with E-state index in [0.717, 1.165) is 0 Å². The van der Waals surface area contributed by atoms with Crippen LogP contribution in [0, 0.1) is 5.82 Å². The average Bonchev–Trinajstić information content (AvgIpc) is 3.02. The number of rotatable bonds is 6. The van der Waals surface area contributed by atoms with Crippen LogP contribution in [0.25, 0.3) is 5.78 Å². The van der Waals surface area contributed by atoms with Crippen LogP contribution in [0.1, 0.15) is 10.4 Å². The number of aromatic nitrogens is 5. The molecule has 0 amide bonds. The molecular weight excluding hydrogens is 357 g/mol. The molecule has 3 aromatic rings. The minimum Gasteiger partial charge on any atom is -0.348 e. The van der Waals surface area contributed by atoms with Crippen molar-refractivity contribution in [2.75, 3.05) is 43.7 Å². The summed E-state index contributed by atoms with van der Waals surface area (Å²) in [6, 6.07) is 5.48. The Kier molecular flexibility index (Phi) is 5.03. The number of hydrogen-bond donors (Lipinski definition) is 0. The molecule has 0 aliphatic heterocycles. The maximum atomic E-state index is 13.0. The predicted octanol–water partition coefficient (Wildman–Crippen LogP) is 1.77. The smallest absolute Gasteiger partial charge is 0.261 e. The van der Waals surface area contributed by atoms with Gasteiger partial charge in [-0.05, 0) is 24.3 Å². The summed E-state index contributed by atoms with van der Waals surface area (Å²) in [6.45, 7) is 0. The highest BCUT2D eigenvalue weighted by Gasteiger charge is 2.18. The van der Waals surface area contributed by atoms with Gasteiger partial charge in [0.05, 0.1) is 5.75 Å². The highest BCUT2D eigenvalue weighted by molar-refractivity contribution is 7.99. The molecule has 2 heterocycles. The van der Waals surface area contributed by atoms with E-state index in [1.54, 1.807) is 9.30 Å². The molecule has 0 saturated carbocycles. The second-order valence-electron chi connectivity index (χ2n) is 5.95. The van der Waals surface area contributed by atoms with Gasteiger partial charge in [-0.25, -0.2) is 8.79 Å². The van der Waals surface area contributed by atoms with Crippen LogP contribution < -0.4 is 9.80 Å². The third kappa shape index (κ3) is 3.59. The van der Waals surface area contributed by atoms with E-state index >= 15 is 0 Å². The van der Waals surface area contributed by atoms with E-state index in [1.807, 2.05) is 33.1 Å². The maximum absolute atomic E-state index is 13.0. The number of ketones is 1. The van der Waals surface area contributed by atoms with Gasteiger partial charge in [0, 0.05) is 33.8 Å². The average molecular weight is 375 g/mol. The van der Waals surface area contributed by atoms with E-state index in [2.05, 4.69) is 20.2 Å². The standard InChI is InChI=1S/C16H18FN7OS/c1-22(2)13-18-14-20-21-16(24(14)15(19-13)23(3)4)26-9-12(25)10-5-7-11(17)8-6-10/h5-8H,9H2,1-4H3. The maximum Gasteiger partial charge on any atom is 0.261 e. The summed E-state index contributed by atoms with van der Waals surface area (Å²) in [7, 11) is 7.41. The van der Waals surface area contributed by atoms with Crippen molar-refractivity contribution in [3.8, 4) is 0 Å². The summed E-state index contributed by atoms with van der Waals surface area (Å²) >= 11 is 1.24. The molecule has 2 aromatic heterocycles. The molecule has 0 bridgehead atoms. The summed E-state index contributed by atoms with van der Waals surface area (Å²) in [5, 5.41) is 8.75. The van der Waals surface area contributed by atoms with E-state index in [0.29, 0.717) is 28.4 Å². The van der Waals surface area contributed by atoms with Gasteiger partial charge < -0.3 is 9.80 Å². The number of halogens is 1. The van der Waals surface area contributed by atoms with Gasteiger partial charge in [0.15, 0.2) is 10.9 Å². The molecule has 8 nitrogen and oxygen atoms in total. The first-order valence-electron chi connectivity index (χ1n) is 7.76. The fourth-order valence-corrected chi connectivity index (χ4v) is 3.02. The second kappa shape index (κ2) is 7.24. The number of carbonyl (C=O) groups is 1. The Hall–Kier alpha value is -2.75. The third-order valence-electron chi connectivity index (χ3n) is 3.51. The number of nitrogens with zero attached hydrogens (tertiary/aromatic N) is 7. The van der Waals surface area contributed by atoms with Gasteiger partial charge in [-0.1, -0.05) is 11.8 Å². The van der Waals surface area contributed by atoms with Gasteiger partial charge in [-0.3, -0.25) is 4.79 Å². The molecule has 3 rings (SSSR count).